The van der Waals surface area contributed by atoms with E-state index in [0.717, 1.165) is 54.3 Å². The fourth-order valence-electron chi connectivity index (χ4n) is 4.21. The molecule has 8 heteroatoms. The molecule has 166 valence electrons. The number of hydrogen-bond acceptors (Lipinski definition) is 6. The van der Waals surface area contributed by atoms with E-state index in [9.17, 15) is 4.79 Å². The molecule has 2 aliphatic rings. The molecular formula is C23H31N5O3. The molecule has 1 fully saturated rings. The molecule has 0 bridgehead atoms. The molecule has 8 nitrogen and oxygen atoms in total. The normalized spacial score (nSPS) is 20.4. The highest BCUT2D eigenvalue weighted by atomic mass is 16.5. The largest absolute Gasteiger partial charge is 0.378 e. The minimum absolute atomic E-state index is 0.217. The van der Waals surface area contributed by atoms with Gasteiger partial charge in [-0.15, -0.1) is 0 Å². The Balaban J connectivity index is 1.70. The van der Waals surface area contributed by atoms with Crippen molar-refractivity contribution in [2.24, 2.45) is 0 Å². The van der Waals surface area contributed by atoms with Gasteiger partial charge in [-0.05, 0) is 44.5 Å². The Bertz CT molecular complexity index is 928. The van der Waals surface area contributed by atoms with E-state index in [-0.39, 0.29) is 6.03 Å². The molecule has 1 aromatic carbocycles. The van der Waals surface area contributed by atoms with Crippen LogP contribution < -0.4 is 15.5 Å². The number of nitrogens with one attached hydrogen (secondary N) is 2. The predicted octanol–water partition coefficient (Wildman–Crippen LogP) is 3.67. The molecule has 2 amide bonds. The van der Waals surface area contributed by atoms with Gasteiger partial charge in [-0.25, -0.2) is 14.8 Å². The van der Waals surface area contributed by atoms with Gasteiger partial charge in [0.15, 0.2) is 5.82 Å². The number of hydrogen-bond donors (Lipinski definition) is 2. The molecule has 1 aromatic heterocycles. The quantitative estimate of drug-likeness (QED) is 0.734. The first kappa shape index (κ1) is 21.5. The van der Waals surface area contributed by atoms with Crippen LogP contribution in [0.1, 0.15) is 44.9 Å². The smallest absolute Gasteiger partial charge is 0.319 e. The first-order valence-electron chi connectivity index (χ1n) is 11.1. The lowest BCUT2D eigenvalue weighted by Gasteiger charge is -2.30. The predicted molar refractivity (Wildman–Crippen MR) is 120 cm³/mol. The van der Waals surface area contributed by atoms with Crippen molar-refractivity contribution < 1.29 is 14.3 Å². The summed E-state index contributed by atoms with van der Waals surface area (Å²) in [5, 5.41) is 5.55. The van der Waals surface area contributed by atoms with Gasteiger partial charge in [-0.3, -0.25) is 0 Å². The summed E-state index contributed by atoms with van der Waals surface area (Å²) < 4.78 is 11.8. The minimum Gasteiger partial charge on any atom is -0.378 e. The Kier molecular flexibility index (Phi) is 6.38. The molecule has 4 rings (SSSR count). The number of rotatable bonds is 6. The maximum absolute atomic E-state index is 11.8. The van der Waals surface area contributed by atoms with Crippen LogP contribution in [0.2, 0.25) is 0 Å². The van der Waals surface area contributed by atoms with Crippen molar-refractivity contribution in [2.75, 3.05) is 43.1 Å². The summed E-state index contributed by atoms with van der Waals surface area (Å²) in [6, 6.07) is 7.42. The number of ether oxygens (including phenoxy) is 2. The third-order valence-electron chi connectivity index (χ3n) is 5.80. The van der Waals surface area contributed by atoms with Crippen molar-refractivity contribution in [3.63, 3.8) is 0 Å². The van der Waals surface area contributed by atoms with Crippen LogP contribution in [-0.4, -0.2) is 48.8 Å². The average molecular weight is 426 g/mol. The fourth-order valence-corrected chi connectivity index (χ4v) is 4.21. The SMILES string of the molecule is CCC[C@@]1(C)OCc2c(N3CCOCC3)nc(-c3ccc(NC(=O)NCC)cc3)nc21. The number of fused-ring (bicyclic) bond motifs is 1. The Labute approximate surface area is 183 Å². The number of morpholine rings is 1. The van der Waals surface area contributed by atoms with Crippen molar-refractivity contribution in [2.45, 2.75) is 45.8 Å². The molecule has 1 saturated heterocycles. The zero-order valence-electron chi connectivity index (χ0n) is 18.5. The summed E-state index contributed by atoms with van der Waals surface area (Å²) in [6.45, 7) is 10.3. The van der Waals surface area contributed by atoms with E-state index in [1.165, 1.54) is 0 Å². The number of urea groups is 1. The Hall–Kier alpha value is -2.71. The molecule has 0 unspecified atom stereocenters. The van der Waals surface area contributed by atoms with Crippen molar-refractivity contribution in [3.8, 4) is 11.4 Å². The number of amides is 2. The molecule has 2 aliphatic heterocycles. The topological polar surface area (TPSA) is 88.6 Å². The van der Waals surface area contributed by atoms with Gasteiger partial charge in [0.1, 0.15) is 11.4 Å². The van der Waals surface area contributed by atoms with Crippen LogP contribution in [0.4, 0.5) is 16.3 Å². The van der Waals surface area contributed by atoms with Gasteiger partial charge >= 0.3 is 6.03 Å². The lowest BCUT2D eigenvalue weighted by molar-refractivity contribution is -0.0321. The van der Waals surface area contributed by atoms with Crippen LogP contribution in [0.3, 0.4) is 0 Å². The summed E-state index contributed by atoms with van der Waals surface area (Å²) in [5.41, 5.74) is 3.32. The summed E-state index contributed by atoms with van der Waals surface area (Å²) >= 11 is 0. The van der Waals surface area contributed by atoms with E-state index in [2.05, 4.69) is 29.4 Å². The first-order valence-corrected chi connectivity index (χ1v) is 11.1. The number of benzene rings is 1. The van der Waals surface area contributed by atoms with E-state index in [0.29, 0.717) is 32.2 Å². The van der Waals surface area contributed by atoms with Gasteiger partial charge in [0.2, 0.25) is 0 Å². The second-order valence-corrected chi connectivity index (χ2v) is 8.13. The lowest BCUT2D eigenvalue weighted by atomic mass is 9.94. The summed E-state index contributed by atoms with van der Waals surface area (Å²) in [6.07, 6.45) is 1.93. The molecule has 31 heavy (non-hydrogen) atoms. The van der Waals surface area contributed by atoms with Crippen LogP contribution in [0.25, 0.3) is 11.4 Å². The number of anilines is 2. The maximum Gasteiger partial charge on any atom is 0.319 e. The molecule has 0 aliphatic carbocycles. The molecule has 3 heterocycles. The Morgan fingerprint density at radius 3 is 2.58 bits per heavy atom. The highest BCUT2D eigenvalue weighted by Crippen LogP contribution is 2.42. The van der Waals surface area contributed by atoms with Gasteiger partial charge in [-0.1, -0.05) is 13.3 Å². The first-order chi connectivity index (χ1) is 15.0. The van der Waals surface area contributed by atoms with Crippen molar-refractivity contribution in [1.29, 1.82) is 0 Å². The summed E-state index contributed by atoms with van der Waals surface area (Å²) in [7, 11) is 0. The van der Waals surface area contributed by atoms with Crippen LogP contribution >= 0.6 is 0 Å². The maximum atomic E-state index is 11.8. The zero-order valence-corrected chi connectivity index (χ0v) is 18.5. The third-order valence-corrected chi connectivity index (χ3v) is 5.80. The van der Waals surface area contributed by atoms with Crippen molar-refractivity contribution in [3.05, 3.63) is 35.5 Å². The lowest BCUT2D eigenvalue weighted by Crippen LogP contribution is -2.37. The molecule has 2 aromatic rings. The van der Waals surface area contributed by atoms with E-state index >= 15 is 0 Å². The summed E-state index contributed by atoms with van der Waals surface area (Å²) in [4.78, 5) is 24.0. The van der Waals surface area contributed by atoms with E-state index in [1.807, 2.05) is 31.2 Å². The Morgan fingerprint density at radius 1 is 1.16 bits per heavy atom. The third kappa shape index (κ3) is 4.50. The number of carbonyl (C=O) groups is 1. The molecule has 2 N–H and O–H groups in total. The Morgan fingerprint density at radius 2 is 1.90 bits per heavy atom. The van der Waals surface area contributed by atoms with E-state index in [1.54, 1.807) is 0 Å². The molecule has 0 radical (unpaired) electrons. The monoisotopic (exact) mass is 425 g/mol. The van der Waals surface area contributed by atoms with E-state index < -0.39 is 5.60 Å². The van der Waals surface area contributed by atoms with Gasteiger partial charge in [0.25, 0.3) is 0 Å². The van der Waals surface area contributed by atoms with Crippen molar-refractivity contribution >= 4 is 17.5 Å². The fraction of sp³-hybridized carbons (Fsp3) is 0.522. The second-order valence-electron chi connectivity index (χ2n) is 8.13. The van der Waals surface area contributed by atoms with Gasteiger partial charge in [-0.2, -0.15) is 0 Å². The number of carbonyl (C=O) groups excluding carboxylic acids is 1. The molecule has 1 atom stereocenters. The molecule has 0 spiro atoms. The average Bonchev–Trinajstić information content (AvgIpc) is 3.11. The highest BCUT2D eigenvalue weighted by molar-refractivity contribution is 5.89. The zero-order chi connectivity index (χ0) is 21.8. The van der Waals surface area contributed by atoms with Crippen LogP contribution in [-0.2, 0) is 21.7 Å². The number of nitrogens with zero attached hydrogens (tertiary/aromatic N) is 3. The minimum atomic E-state index is -0.400. The standard InChI is InChI=1S/C23H31N5O3/c1-4-10-23(3)19-18(15-31-23)21(28-11-13-30-14-12-28)27-20(26-19)16-6-8-17(9-7-16)25-22(29)24-5-2/h6-9H,4-5,10-15H2,1-3H3,(H2,24,25,29)/t23-/m1/s1. The highest BCUT2D eigenvalue weighted by Gasteiger charge is 2.40. The summed E-state index contributed by atoms with van der Waals surface area (Å²) in [5.74, 6) is 1.63. The molecular weight excluding hydrogens is 394 g/mol. The number of aromatic nitrogens is 2. The van der Waals surface area contributed by atoms with Crippen molar-refractivity contribution in [1.82, 2.24) is 15.3 Å². The van der Waals surface area contributed by atoms with Gasteiger partial charge < -0.3 is 25.0 Å². The van der Waals surface area contributed by atoms with Gasteiger partial charge in [0, 0.05) is 36.4 Å². The second kappa shape index (κ2) is 9.20. The van der Waals surface area contributed by atoms with Gasteiger partial charge in [0.05, 0.1) is 25.5 Å². The molecule has 0 saturated carbocycles. The van der Waals surface area contributed by atoms with E-state index in [4.69, 9.17) is 19.4 Å². The van der Waals surface area contributed by atoms with Crippen LogP contribution in [0.5, 0.6) is 0 Å². The van der Waals surface area contributed by atoms with Crippen LogP contribution in [0, 0.1) is 0 Å². The van der Waals surface area contributed by atoms with Crippen LogP contribution in [0.15, 0.2) is 24.3 Å².